The zero-order valence-electron chi connectivity index (χ0n) is 9.15. The summed E-state index contributed by atoms with van der Waals surface area (Å²) in [6, 6.07) is 0. The van der Waals surface area contributed by atoms with Crippen LogP contribution in [0.1, 0.15) is 13.8 Å². The van der Waals surface area contributed by atoms with E-state index >= 15 is 0 Å². The van der Waals surface area contributed by atoms with E-state index in [9.17, 15) is 15.0 Å². The van der Waals surface area contributed by atoms with Crippen molar-refractivity contribution in [3.05, 3.63) is 0 Å². The molecule has 7 heteroatoms. The van der Waals surface area contributed by atoms with Gasteiger partial charge in [-0.1, -0.05) is 0 Å². The standard InChI is InChI=1S/C9H18O7/c1-4(2)16-8(9(14)15)7(13)6(12)5(11)3-10/h4-8,10-13H,3H2,1-2H3,(H,14,15)/t5-,6-,7+,8-/m1/s1. The van der Waals surface area contributed by atoms with Crippen molar-refractivity contribution < 1.29 is 35.1 Å². The molecule has 4 atom stereocenters. The van der Waals surface area contributed by atoms with Crippen molar-refractivity contribution in [1.82, 2.24) is 0 Å². The van der Waals surface area contributed by atoms with Gasteiger partial charge in [-0.2, -0.15) is 0 Å². The van der Waals surface area contributed by atoms with Crippen molar-refractivity contribution in [2.45, 2.75) is 44.4 Å². The smallest absolute Gasteiger partial charge is 0.335 e. The van der Waals surface area contributed by atoms with Gasteiger partial charge in [0.15, 0.2) is 6.10 Å². The Balaban J connectivity index is 4.60. The minimum absolute atomic E-state index is 0.464. The first-order valence-electron chi connectivity index (χ1n) is 4.84. The molecule has 0 spiro atoms. The lowest BCUT2D eigenvalue weighted by Crippen LogP contribution is -2.50. The molecule has 0 radical (unpaired) electrons. The first kappa shape index (κ1) is 15.3. The van der Waals surface area contributed by atoms with Gasteiger partial charge in [-0.25, -0.2) is 4.79 Å². The number of carbonyl (C=O) groups is 1. The highest BCUT2D eigenvalue weighted by Gasteiger charge is 2.36. The largest absolute Gasteiger partial charge is 0.479 e. The lowest BCUT2D eigenvalue weighted by atomic mass is 10.0. The number of ether oxygens (including phenoxy) is 1. The molecule has 0 rings (SSSR count). The number of aliphatic hydroxyl groups excluding tert-OH is 4. The van der Waals surface area contributed by atoms with Crippen LogP contribution >= 0.6 is 0 Å². The van der Waals surface area contributed by atoms with Gasteiger partial charge in [0.25, 0.3) is 0 Å². The highest BCUT2D eigenvalue weighted by Crippen LogP contribution is 2.10. The molecule has 0 fully saturated rings. The molecule has 0 aliphatic carbocycles. The van der Waals surface area contributed by atoms with Crippen LogP contribution in [0.5, 0.6) is 0 Å². The fourth-order valence-corrected chi connectivity index (χ4v) is 1.09. The zero-order chi connectivity index (χ0) is 12.9. The van der Waals surface area contributed by atoms with Crippen LogP contribution in [0.25, 0.3) is 0 Å². The summed E-state index contributed by atoms with van der Waals surface area (Å²) in [7, 11) is 0. The van der Waals surface area contributed by atoms with Crippen molar-refractivity contribution in [3.63, 3.8) is 0 Å². The quantitative estimate of drug-likeness (QED) is 0.345. The average Bonchev–Trinajstić information content (AvgIpc) is 2.22. The van der Waals surface area contributed by atoms with Crippen LogP contribution in [-0.4, -0.2) is 68.6 Å². The number of hydrogen-bond acceptors (Lipinski definition) is 6. The molecular formula is C9H18O7. The van der Waals surface area contributed by atoms with Crippen LogP contribution in [0.15, 0.2) is 0 Å². The third-order valence-corrected chi connectivity index (χ3v) is 1.90. The summed E-state index contributed by atoms with van der Waals surface area (Å²) in [5.41, 5.74) is 0. The summed E-state index contributed by atoms with van der Waals surface area (Å²) < 4.78 is 4.89. The Morgan fingerprint density at radius 1 is 1.19 bits per heavy atom. The second kappa shape index (κ2) is 6.77. The minimum atomic E-state index is -1.82. The summed E-state index contributed by atoms with van der Waals surface area (Å²) in [5, 5.41) is 45.1. The molecule has 0 aromatic carbocycles. The third-order valence-electron chi connectivity index (χ3n) is 1.90. The number of aliphatic carboxylic acids is 1. The summed E-state index contributed by atoms with van der Waals surface area (Å²) in [4.78, 5) is 10.8. The van der Waals surface area contributed by atoms with Gasteiger partial charge >= 0.3 is 5.97 Å². The molecule has 96 valence electrons. The summed E-state index contributed by atoms with van der Waals surface area (Å²) in [5.74, 6) is -1.45. The molecular weight excluding hydrogens is 220 g/mol. The Bertz CT molecular complexity index is 218. The monoisotopic (exact) mass is 238 g/mol. The maximum Gasteiger partial charge on any atom is 0.335 e. The normalized spacial score (nSPS) is 19.2. The molecule has 0 aliphatic heterocycles. The Morgan fingerprint density at radius 3 is 2.00 bits per heavy atom. The number of rotatable bonds is 7. The molecule has 0 saturated heterocycles. The van der Waals surface area contributed by atoms with E-state index in [1.165, 1.54) is 0 Å². The topological polar surface area (TPSA) is 127 Å². The van der Waals surface area contributed by atoms with E-state index in [0.29, 0.717) is 0 Å². The van der Waals surface area contributed by atoms with E-state index in [0.717, 1.165) is 0 Å². The molecule has 0 heterocycles. The van der Waals surface area contributed by atoms with Crippen molar-refractivity contribution in [2.75, 3.05) is 6.61 Å². The van der Waals surface area contributed by atoms with Gasteiger partial charge in [-0.15, -0.1) is 0 Å². The molecule has 16 heavy (non-hydrogen) atoms. The summed E-state index contributed by atoms with van der Waals surface area (Å²) in [6.45, 7) is 2.35. The average molecular weight is 238 g/mol. The Labute approximate surface area is 92.9 Å². The molecule has 0 aliphatic rings. The molecule has 0 aromatic heterocycles. The van der Waals surface area contributed by atoms with E-state index in [1.807, 2.05) is 0 Å². The van der Waals surface area contributed by atoms with E-state index in [2.05, 4.69) is 0 Å². The van der Waals surface area contributed by atoms with Crippen LogP contribution in [0, 0.1) is 0 Å². The molecule has 0 amide bonds. The van der Waals surface area contributed by atoms with E-state index in [4.69, 9.17) is 20.1 Å². The second-order valence-corrected chi connectivity index (χ2v) is 3.67. The molecule has 0 saturated carbocycles. The van der Waals surface area contributed by atoms with Crippen LogP contribution in [0.3, 0.4) is 0 Å². The minimum Gasteiger partial charge on any atom is -0.479 e. The maximum atomic E-state index is 10.8. The fourth-order valence-electron chi connectivity index (χ4n) is 1.09. The van der Waals surface area contributed by atoms with Gasteiger partial charge in [0.2, 0.25) is 0 Å². The predicted octanol–water partition coefficient (Wildman–Crippen LogP) is -2.06. The Morgan fingerprint density at radius 2 is 1.69 bits per heavy atom. The first-order valence-corrected chi connectivity index (χ1v) is 4.84. The molecule has 0 unspecified atom stereocenters. The Kier molecular flexibility index (Phi) is 6.46. The predicted molar refractivity (Wildman–Crippen MR) is 52.8 cm³/mol. The van der Waals surface area contributed by atoms with E-state index < -0.39 is 43.1 Å². The lowest BCUT2D eigenvalue weighted by molar-refractivity contribution is -0.177. The van der Waals surface area contributed by atoms with Crippen molar-refractivity contribution in [2.24, 2.45) is 0 Å². The van der Waals surface area contributed by atoms with Gasteiger partial charge in [0.1, 0.15) is 18.3 Å². The summed E-state index contributed by atoms with van der Waals surface area (Å²) in [6.07, 6.45) is -7.34. The van der Waals surface area contributed by atoms with Crippen LogP contribution in [0.2, 0.25) is 0 Å². The highest BCUT2D eigenvalue weighted by molar-refractivity contribution is 5.73. The number of carboxylic acids is 1. The number of hydrogen-bond donors (Lipinski definition) is 5. The van der Waals surface area contributed by atoms with E-state index in [-0.39, 0.29) is 0 Å². The van der Waals surface area contributed by atoms with Crippen LogP contribution < -0.4 is 0 Å². The van der Waals surface area contributed by atoms with Crippen molar-refractivity contribution in [1.29, 1.82) is 0 Å². The van der Waals surface area contributed by atoms with Gasteiger partial charge < -0.3 is 30.3 Å². The third kappa shape index (κ3) is 4.42. The number of carboxylic acid groups (broad SMARTS) is 1. The zero-order valence-corrected chi connectivity index (χ0v) is 9.15. The maximum absolute atomic E-state index is 10.8. The van der Waals surface area contributed by atoms with Crippen LogP contribution in [0.4, 0.5) is 0 Å². The van der Waals surface area contributed by atoms with Gasteiger partial charge in [-0.05, 0) is 13.8 Å². The fraction of sp³-hybridized carbons (Fsp3) is 0.889. The SMILES string of the molecule is CC(C)O[C@@H](C(=O)O)[C@@H](O)[C@H](O)[C@H](O)CO. The first-order chi connectivity index (χ1) is 7.31. The number of aliphatic hydroxyl groups is 4. The van der Waals surface area contributed by atoms with Crippen molar-refractivity contribution >= 4 is 5.97 Å². The highest BCUT2D eigenvalue weighted by atomic mass is 16.5. The Hall–Kier alpha value is -0.730. The van der Waals surface area contributed by atoms with Gasteiger partial charge in [0.05, 0.1) is 12.7 Å². The molecule has 0 bridgehead atoms. The second-order valence-electron chi connectivity index (χ2n) is 3.67. The van der Waals surface area contributed by atoms with Crippen molar-refractivity contribution in [3.8, 4) is 0 Å². The van der Waals surface area contributed by atoms with E-state index in [1.54, 1.807) is 13.8 Å². The molecule has 7 nitrogen and oxygen atoms in total. The molecule has 0 aromatic rings. The van der Waals surface area contributed by atoms with Crippen LogP contribution in [-0.2, 0) is 9.53 Å². The van der Waals surface area contributed by atoms with Gasteiger partial charge in [-0.3, -0.25) is 0 Å². The van der Waals surface area contributed by atoms with Gasteiger partial charge in [0, 0.05) is 0 Å². The summed E-state index contributed by atoms with van der Waals surface area (Å²) >= 11 is 0. The molecule has 5 N–H and O–H groups in total. The lowest BCUT2D eigenvalue weighted by Gasteiger charge is -2.27.